The van der Waals surface area contributed by atoms with Crippen molar-refractivity contribution in [3.05, 3.63) is 35.9 Å². The summed E-state index contributed by atoms with van der Waals surface area (Å²) in [6.45, 7) is 4.13. The quantitative estimate of drug-likeness (QED) is 0.775. The van der Waals surface area contributed by atoms with E-state index in [1.54, 1.807) is 0 Å². The molecule has 0 unspecified atom stereocenters. The normalized spacial score (nSPS) is 11.4. The minimum Gasteiger partial charge on any atom is -0.395 e. The standard InChI is InChI=1S/C15H23NO3/c1-15(2,12-13-6-4-3-5-7-13)14(19)16(8-10-17)9-11-18/h3-7,17-18H,8-12H2,1-2H3. The fraction of sp³-hybridized carbons (Fsp3) is 0.533. The van der Waals surface area contributed by atoms with Crippen molar-refractivity contribution in [2.45, 2.75) is 20.3 Å². The van der Waals surface area contributed by atoms with Crippen molar-refractivity contribution >= 4 is 5.91 Å². The monoisotopic (exact) mass is 265 g/mol. The average molecular weight is 265 g/mol. The molecule has 0 aromatic heterocycles. The summed E-state index contributed by atoms with van der Waals surface area (Å²) in [5.41, 5.74) is 0.555. The molecule has 0 spiro atoms. The highest BCUT2D eigenvalue weighted by atomic mass is 16.3. The van der Waals surface area contributed by atoms with Crippen LogP contribution in [0.4, 0.5) is 0 Å². The van der Waals surface area contributed by atoms with Gasteiger partial charge < -0.3 is 15.1 Å². The zero-order valence-electron chi connectivity index (χ0n) is 11.7. The highest BCUT2D eigenvalue weighted by molar-refractivity contribution is 5.82. The van der Waals surface area contributed by atoms with E-state index in [9.17, 15) is 4.79 Å². The topological polar surface area (TPSA) is 60.8 Å². The van der Waals surface area contributed by atoms with E-state index in [2.05, 4.69) is 0 Å². The Morgan fingerprint density at radius 1 is 1.11 bits per heavy atom. The summed E-state index contributed by atoms with van der Waals surface area (Å²) >= 11 is 0. The maximum absolute atomic E-state index is 12.5. The third kappa shape index (κ3) is 4.65. The van der Waals surface area contributed by atoms with E-state index in [-0.39, 0.29) is 32.2 Å². The van der Waals surface area contributed by atoms with Crippen molar-refractivity contribution in [2.24, 2.45) is 5.41 Å². The lowest BCUT2D eigenvalue weighted by atomic mass is 9.84. The number of rotatable bonds is 7. The molecule has 0 bridgehead atoms. The lowest BCUT2D eigenvalue weighted by molar-refractivity contribution is -0.141. The van der Waals surface area contributed by atoms with Crippen molar-refractivity contribution in [1.29, 1.82) is 0 Å². The lowest BCUT2D eigenvalue weighted by Crippen LogP contribution is -2.44. The number of hydrogen-bond donors (Lipinski definition) is 2. The van der Waals surface area contributed by atoms with Gasteiger partial charge in [0.25, 0.3) is 0 Å². The molecule has 19 heavy (non-hydrogen) atoms. The number of benzene rings is 1. The Morgan fingerprint density at radius 3 is 2.11 bits per heavy atom. The van der Waals surface area contributed by atoms with Crippen molar-refractivity contribution in [2.75, 3.05) is 26.3 Å². The second kappa shape index (κ2) is 7.26. The van der Waals surface area contributed by atoms with Crippen molar-refractivity contribution in [3.63, 3.8) is 0 Å². The first-order valence-corrected chi connectivity index (χ1v) is 6.56. The van der Waals surface area contributed by atoms with Gasteiger partial charge in [-0.2, -0.15) is 0 Å². The molecule has 4 heteroatoms. The SMILES string of the molecule is CC(C)(Cc1ccccc1)C(=O)N(CCO)CCO. The molecule has 0 radical (unpaired) electrons. The Morgan fingerprint density at radius 2 is 1.63 bits per heavy atom. The molecule has 1 aromatic carbocycles. The fourth-order valence-corrected chi connectivity index (χ4v) is 2.17. The number of hydrogen-bond acceptors (Lipinski definition) is 3. The van der Waals surface area contributed by atoms with Crippen LogP contribution < -0.4 is 0 Å². The van der Waals surface area contributed by atoms with Gasteiger partial charge in [-0.1, -0.05) is 44.2 Å². The first kappa shape index (κ1) is 15.7. The molecular formula is C15H23NO3. The predicted molar refractivity (Wildman–Crippen MR) is 74.7 cm³/mol. The van der Waals surface area contributed by atoms with E-state index in [1.165, 1.54) is 4.90 Å². The highest BCUT2D eigenvalue weighted by Crippen LogP contribution is 2.24. The van der Waals surface area contributed by atoms with E-state index in [0.717, 1.165) is 5.56 Å². The number of aliphatic hydroxyl groups excluding tert-OH is 2. The molecule has 0 heterocycles. The molecule has 0 atom stereocenters. The molecular weight excluding hydrogens is 242 g/mol. The number of carbonyl (C=O) groups excluding carboxylic acids is 1. The largest absolute Gasteiger partial charge is 0.395 e. The van der Waals surface area contributed by atoms with Crippen LogP contribution in [0.3, 0.4) is 0 Å². The van der Waals surface area contributed by atoms with Gasteiger partial charge in [0, 0.05) is 18.5 Å². The molecule has 2 N–H and O–H groups in total. The van der Waals surface area contributed by atoms with Crippen LogP contribution in [0.15, 0.2) is 30.3 Å². The Labute approximate surface area is 114 Å². The van der Waals surface area contributed by atoms with E-state index in [1.807, 2.05) is 44.2 Å². The van der Waals surface area contributed by atoms with E-state index >= 15 is 0 Å². The van der Waals surface area contributed by atoms with E-state index < -0.39 is 5.41 Å². The molecule has 0 fully saturated rings. The Bertz CT molecular complexity index is 384. The van der Waals surface area contributed by atoms with E-state index in [0.29, 0.717) is 6.42 Å². The van der Waals surface area contributed by atoms with Gasteiger partial charge in [0.15, 0.2) is 0 Å². The molecule has 0 saturated heterocycles. The Hall–Kier alpha value is -1.39. The molecule has 1 aromatic rings. The molecule has 0 aliphatic heterocycles. The second-order valence-corrected chi connectivity index (χ2v) is 5.29. The summed E-state index contributed by atoms with van der Waals surface area (Å²) in [7, 11) is 0. The molecule has 1 amide bonds. The molecule has 106 valence electrons. The van der Waals surface area contributed by atoms with Gasteiger partial charge >= 0.3 is 0 Å². The minimum atomic E-state index is -0.550. The smallest absolute Gasteiger partial charge is 0.228 e. The number of nitrogens with zero attached hydrogens (tertiary/aromatic N) is 1. The summed E-state index contributed by atoms with van der Waals surface area (Å²) in [6, 6.07) is 9.85. The van der Waals surface area contributed by atoms with Crippen LogP contribution in [-0.2, 0) is 11.2 Å². The van der Waals surface area contributed by atoms with Crippen molar-refractivity contribution < 1.29 is 15.0 Å². The molecule has 0 aliphatic carbocycles. The number of amides is 1. The van der Waals surface area contributed by atoms with Gasteiger partial charge in [0.2, 0.25) is 5.91 Å². The first-order valence-electron chi connectivity index (χ1n) is 6.56. The number of aliphatic hydroxyl groups is 2. The zero-order chi connectivity index (χ0) is 14.3. The van der Waals surface area contributed by atoms with Gasteiger partial charge in [-0.3, -0.25) is 4.79 Å². The zero-order valence-corrected chi connectivity index (χ0v) is 11.7. The maximum atomic E-state index is 12.5. The van der Waals surface area contributed by atoms with E-state index in [4.69, 9.17) is 10.2 Å². The van der Waals surface area contributed by atoms with Crippen LogP contribution in [0.5, 0.6) is 0 Å². The highest BCUT2D eigenvalue weighted by Gasteiger charge is 2.31. The van der Waals surface area contributed by atoms with Crippen molar-refractivity contribution in [3.8, 4) is 0 Å². The maximum Gasteiger partial charge on any atom is 0.228 e. The third-order valence-electron chi connectivity index (χ3n) is 3.09. The van der Waals surface area contributed by atoms with Gasteiger partial charge in [-0.05, 0) is 12.0 Å². The minimum absolute atomic E-state index is 0.0422. The number of carbonyl (C=O) groups is 1. The summed E-state index contributed by atoms with van der Waals surface area (Å²) in [5.74, 6) is -0.0422. The summed E-state index contributed by atoms with van der Waals surface area (Å²) in [5, 5.41) is 18.0. The molecule has 1 rings (SSSR count). The van der Waals surface area contributed by atoms with Gasteiger partial charge in [-0.15, -0.1) is 0 Å². The van der Waals surface area contributed by atoms with Crippen LogP contribution >= 0.6 is 0 Å². The molecule has 0 aliphatic rings. The first-order chi connectivity index (χ1) is 9.01. The van der Waals surface area contributed by atoms with Gasteiger partial charge in [0.1, 0.15) is 0 Å². The van der Waals surface area contributed by atoms with Crippen LogP contribution in [0.2, 0.25) is 0 Å². The van der Waals surface area contributed by atoms with Crippen LogP contribution in [0.25, 0.3) is 0 Å². The molecule has 4 nitrogen and oxygen atoms in total. The van der Waals surface area contributed by atoms with Gasteiger partial charge in [-0.25, -0.2) is 0 Å². The predicted octanol–water partition coefficient (Wildman–Crippen LogP) is 1.07. The second-order valence-electron chi connectivity index (χ2n) is 5.29. The Kier molecular flexibility index (Phi) is 5.99. The third-order valence-corrected chi connectivity index (χ3v) is 3.09. The van der Waals surface area contributed by atoms with Gasteiger partial charge in [0.05, 0.1) is 13.2 Å². The summed E-state index contributed by atoms with van der Waals surface area (Å²) < 4.78 is 0. The Balaban J connectivity index is 2.76. The summed E-state index contributed by atoms with van der Waals surface area (Å²) in [4.78, 5) is 14.0. The fourth-order valence-electron chi connectivity index (χ4n) is 2.17. The van der Waals surface area contributed by atoms with Crippen LogP contribution in [0.1, 0.15) is 19.4 Å². The van der Waals surface area contributed by atoms with Crippen LogP contribution in [0, 0.1) is 5.41 Å². The van der Waals surface area contributed by atoms with Crippen molar-refractivity contribution in [1.82, 2.24) is 4.90 Å². The summed E-state index contributed by atoms with van der Waals surface area (Å²) in [6.07, 6.45) is 0.639. The average Bonchev–Trinajstić information content (AvgIpc) is 2.38. The van der Waals surface area contributed by atoms with Crippen LogP contribution in [-0.4, -0.2) is 47.3 Å². The molecule has 0 saturated carbocycles. The lowest BCUT2D eigenvalue weighted by Gasteiger charge is -2.31.